The number of aromatic nitrogens is 2. The van der Waals surface area contributed by atoms with Crippen molar-refractivity contribution in [2.24, 2.45) is 18.7 Å². The average molecular weight is 249 g/mol. The number of hydrogen-bond acceptors (Lipinski definition) is 2. The third-order valence-electron chi connectivity index (χ3n) is 3.48. The zero-order valence-electron chi connectivity index (χ0n) is 11.0. The standard InChI is InChI=1S/C14H20FN3/c1-10(8-9-16)6-7-13-17-14-11(15)4-3-5-12(14)18(13)2/h3-5,10H,6-9,16H2,1-2H3. The Morgan fingerprint density at radius 3 is 2.83 bits per heavy atom. The SMILES string of the molecule is CC(CCN)CCc1nc2c(F)cccc2n1C. The number of halogens is 1. The summed E-state index contributed by atoms with van der Waals surface area (Å²) in [7, 11) is 1.94. The van der Waals surface area contributed by atoms with Gasteiger partial charge >= 0.3 is 0 Å². The third kappa shape index (κ3) is 2.53. The molecule has 2 rings (SSSR count). The van der Waals surface area contributed by atoms with E-state index >= 15 is 0 Å². The van der Waals surface area contributed by atoms with E-state index in [0.29, 0.717) is 11.4 Å². The fourth-order valence-corrected chi connectivity index (χ4v) is 2.26. The summed E-state index contributed by atoms with van der Waals surface area (Å²) < 4.78 is 15.6. The van der Waals surface area contributed by atoms with Gasteiger partial charge in [-0.3, -0.25) is 0 Å². The average Bonchev–Trinajstić information content (AvgIpc) is 2.66. The van der Waals surface area contributed by atoms with Crippen molar-refractivity contribution < 1.29 is 4.39 Å². The van der Waals surface area contributed by atoms with E-state index in [9.17, 15) is 4.39 Å². The fraction of sp³-hybridized carbons (Fsp3) is 0.500. The van der Waals surface area contributed by atoms with Gasteiger partial charge in [-0.05, 0) is 37.4 Å². The summed E-state index contributed by atoms with van der Waals surface area (Å²) in [4.78, 5) is 4.40. The van der Waals surface area contributed by atoms with E-state index in [1.165, 1.54) is 6.07 Å². The van der Waals surface area contributed by atoms with E-state index in [-0.39, 0.29) is 5.82 Å². The van der Waals surface area contributed by atoms with E-state index in [1.807, 2.05) is 17.7 Å². The van der Waals surface area contributed by atoms with Crippen LogP contribution in [-0.4, -0.2) is 16.1 Å². The molecule has 2 aromatic rings. The van der Waals surface area contributed by atoms with Crippen LogP contribution in [0, 0.1) is 11.7 Å². The highest BCUT2D eigenvalue weighted by molar-refractivity contribution is 5.76. The van der Waals surface area contributed by atoms with Gasteiger partial charge in [0.2, 0.25) is 0 Å². The molecule has 0 saturated heterocycles. The zero-order chi connectivity index (χ0) is 13.1. The summed E-state index contributed by atoms with van der Waals surface area (Å²) in [6.45, 7) is 2.91. The molecule has 0 aliphatic carbocycles. The molecular formula is C14H20FN3. The number of hydrogen-bond donors (Lipinski definition) is 1. The van der Waals surface area contributed by atoms with Gasteiger partial charge in [0.15, 0.2) is 5.82 Å². The lowest BCUT2D eigenvalue weighted by Crippen LogP contribution is -2.08. The third-order valence-corrected chi connectivity index (χ3v) is 3.48. The van der Waals surface area contributed by atoms with Gasteiger partial charge < -0.3 is 10.3 Å². The number of nitrogens with two attached hydrogens (primary N) is 1. The molecule has 2 N–H and O–H groups in total. The summed E-state index contributed by atoms with van der Waals surface area (Å²) in [5, 5.41) is 0. The molecule has 18 heavy (non-hydrogen) atoms. The Bertz CT molecular complexity index is 533. The minimum absolute atomic E-state index is 0.246. The molecule has 1 aromatic heterocycles. The quantitative estimate of drug-likeness (QED) is 0.885. The highest BCUT2D eigenvalue weighted by Crippen LogP contribution is 2.20. The first-order valence-corrected chi connectivity index (χ1v) is 6.43. The first-order chi connectivity index (χ1) is 8.63. The molecule has 0 spiro atoms. The maximum atomic E-state index is 13.6. The van der Waals surface area contributed by atoms with Crippen molar-refractivity contribution in [3.63, 3.8) is 0 Å². The van der Waals surface area contributed by atoms with Gasteiger partial charge in [-0.25, -0.2) is 9.37 Å². The number of nitrogens with zero attached hydrogens (tertiary/aromatic N) is 2. The number of para-hydroxylation sites is 1. The molecular weight excluding hydrogens is 229 g/mol. The molecule has 0 amide bonds. The smallest absolute Gasteiger partial charge is 0.151 e. The van der Waals surface area contributed by atoms with Crippen molar-refractivity contribution in [1.82, 2.24) is 9.55 Å². The van der Waals surface area contributed by atoms with Gasteiger partial charge in [-0.2, -0.15) is 0 Å². The number of imidazole rings is 1. The van der Waals surface area contributed by atoms with Gasteiger partial charge in [0.05, 0.1) is 5.52 Å². The van der Waals surface area contributed by atoms with Crippen LogP contribution in [0.25, 0.3) is 11.0 Å². The molecule has 1 aromatic carbocycles. The Balaban J connectivity index is 2.19. The first-order valence-electron chi connectivity index (χ1n) is 6.43. The van der Waals surface area contributed by atoms with Crippen molar-refractivity contribution in [1.29, 1.82) is 0 Å². The van der Waals surface area contributed by atoms with Crippen molar-refractivity contribution in [3.8, 4) is 0 Å². The van der Waals surface area contributed by atoms with E-state index < -0.39 is 0 Å². The number of rotatable bonds is 5. The minimum atomic E-state index is -0.246. The Kier molecular flexibility index (Phi) is 3.97. The summed E-state index contributed by atoms with van der Waals surface area (Å²) in [6.07, 6.45) is 2.93. The molecule has 0 bridgehead atoms. The molecule has 3 nitrogen and oxygen atoms in total. The van der Waals surface area contributed by atoms with Crippen molar-refractivity contribution in [2.75, 3.05) is 6.54 Å². The van der Waals surface area contributed by atoms with Gasteiger partial charge in [-0.1, -0.05) is 13.0 Å². The minimum Gasteiger partial charge on any atom is -0.331 e. The van der Waals surface area contributed by atoms with Crippen LogP contribution in [-0.2, 0) is 13.5 Å². The van der Waals surface area contributed by atoms with Crippen molar-refractivity contribution >= 4 is 11.0 Å². The summed E-state index contributed by atoms with van der Waals surface area (Å²) >= 11 is 0. The normalized spacial score (nSPS) is 13.1. The lowest BCUT2D eigenvalue weighted by Gasteiger charge is -2.09. The molecule has 0 radical (unpaired) electrons. The second-order valence-electron chi connectivity index (χ2n) is 4.92. The number of fused-ring (bicyclic) bond motifs is 1. The van der Waals surface area contributed by atoms with Crippen LogP contribution in [0.15, 0.2) is 18.2 Å². The second kappa shape index (κ2) is 5.48. The first kappa shape index (κ1) is 13.0. The summed E-state index contributed by atoms with van der Waals surface area (Å²) in [5.74, 6) is 1.28. The highest BCUT2D eigenvalue weighted by Gasteiger charge is 2.11. The zero-order valence-corrected chi connectivity index (χ0v) is 11.0. The summed E-state index contributed by atoms with van der Waals surface area (Å²) in [6, 6.07) is 5.08. The van der Waals surface area contributed by atoms with Gasteiger partial charge in [-0.15, -0.1) is 0 Å². The lowest BCUT2D eigenvalue weighted by atomic mass is 10.0. The van der Waals surface area contributed by atoms with E-state index in [0.717, 1.165) is 37.1 Å². The van der Waals surface area contributed by atoms with Crippen molar-refractivity contribution in [3.05, 3.63) is 29.8 Å². The molecule has 1 atom stereocenters. The molecule has 0 fully saturated rings. The Morgan fingerprint density at radius 2 is 2.17 bits per heavy atom. The molecule has 0 aliphatic rings. The maximum Gasteiger partial charge on any atom is 0.151 e. The van der Waals surface area contributed by atoms with Crippen LogP contribution < -0.4 is 5.73 Å². The van der Waals surface area contributed by atoms with Crippen LogP contribution in [0.2, 0.25) is 0 Å². The molecule has 4 heteroatoms. The van der Waals surface area contributed by atoms with E-state index in [1.54, 1.807) is 6.07 Å². The molecule has 1 unspecified atom stereocenters. The fourth-order valence-electron chi connectivity index (χ4n) is 2.26. The second-order valence-corrected chi connectivity index (χ2v) is 4.92. The van der Waals surface area contributed by atoms with E-state index in [2.05, 4.69) is 11.9 Å². The van der Waals surface area contributed by atoms with Crippen LogP contribution in [0.5, 0.6) is 0 Å². The predicted octanol–water partition coefficient (Wildman–Crippen LogP) is 2.63. The van der Waals surface area contributed by atoms with Crippen LogP contribution in [0.4, 0.5) is 4.39 Å². The molecule has 98 valence electrons. The van der Waals surface area contributed by atoms with Crippen LogP contribution in [0.1, 0.15) is 25.6 Å². The maximum absolute atomic E-state index is 13.6. The van der Waals surface area contributed by atoms with Crippen LogP contribution >= 0.6 is 0 Å². The Labute approximate surface area is 107 Å². The number of benzene rings is 1. The van der Waals surface area contributed by atoms with Crippen molar-refractivity contribution in [2.45, 2.75) is 26.2 Å². The largest absolute Gasteiger partial charge is 0.331 e. The molecule has 0 saturated carbocycles. The van der Waals surface area contributed by atoms with Crippen LogP contribution in [0.3, 0.4) is 0 Å². The van der Waals surface area contributed by atoms with Gasteiger partial charge in [0.1, 0.15) is 11.3 Å². The molecule has 1 heterocycles. The number of aryl methyl sites for hydroxylation is 2. The Hall–Kier alpha value is -1.42. The summed E-state index contributed by atoms with van der Waals surface area (Å²) in [5.41, 5.74) is 6.87. The van der Waals surface area contributed by atoms with Gasteiger partial charge in [0.25, 0.3) is 0 Å². The van der Waals surface area contributed by atoms with Gasteiger partial charge in [0, 0.05) is 13.5 Å². The Morgan fingerprint density at radius 1 is 1.39 bits per heavy atom. The highest BCUT2D eigenvalue weighted by atomic mass is 19.1. The lowest BCUT2D eigenvalue weighted by molar-refractivity contribution is 0.490. The molecule has 0 aliphatic heterocycles. The predicted molar refractivity (Wildman–Crippen MR) is 71.8 cm³/mol. The monoisotopic (exact) mass is 249 g/mol. The topological polar surface area (TPSA) is 43.8 Å². The van der Waals surface area contributed by atoms with E-state index in [4.69, 9.17) is 5.73 Å².